The van der Waals surface area contributed by atoms with E-state index < -0.39 is 0 Å². The van der Waals surface area contributed by atoms with Crippen molar-refractivity contribution in [2.24, 2.45) is 0 Å². The molecule has 1 fully saturated rings. The second-order valence-electron chi connectivity index (χ2n) is 5.70. The normalized spacial score (nSPS) is 29.0. The van der Waals surface area contributed by atoms with Crippen molar-refractivity contribution in [2.45, 2.75) is 51.1 Å². The van der Waals surface area contributed by atoms with Gasteiger partial charge in [0.2, 0.25) is 0 Å². The number of rotatable bonds is 1. The smallest absolute Gasteiger partial charge is 0.0410 e. The van der Waals surface area contributed by atoms with Gasteiger partial charge in [-0.1, -0.05) is 28.1 Å². The van der Waals surface area contributed by atoms with Crippen LogP contribution in [-0.2, 0) is 5.54 Å². The number of hydrogen-bond donors (Lipinski definition) is 1. The van der Waals surface area contributed by atoms with Gasteiger partial charge in [-0.15, -0.1) is 0 Å². The van der Waals surface area contributed by atoms with Crippen molar-refractivity contribution in [1.82, 2.24) is 5.32 Å². The highest BCUT2D eigenvalue weighted by Gasteiger charge is 2.36. The highest BCUT2D eigenvalue weighted by molar-refractivity contribution is 9.10. The van der Waals surface area contributed by atoms with Gasteiger partial charge in [0.15, 0.2) is 0 Å². The SMILES string of the molecule is CC1(C)CCCC(C)(c2cccc(Br)c2)N1. The third kappa shape index (κ3) is 2.49. The Bertz CT molecular complexity index is 386. The monoisotopic (exact) mass is 281 g/mol. The molecule has 2 rings (SSSR count). The summed E-state index contributed by atoms with van der Waals surface area (Å²) in [5, 5.41) is 3.79. The molecule has 16 heavy (non-hydrogen) atoms. The van der Waals surface area contributed by atoms with Gasteiger partial charge >= 0.3 is 0 Å². The molecule has 1 aliphatic heterocycles. The van der Waals surface area contributed by atoms with Crippen molar-refractivity contribution >= 4 is 15.9 Å². The van der Waals surface area contributed by atoms with Gasteiger partial charge in [-0.2, -0.15) is 0 Å². The average Bonchev–Trinajstić information content (AvgIpc) is 2.15. The van der Waals surface area contributed by atoms with Gasteiger partial charge in [-0.3, -0.25) is 0 Å². The van der Waals surface area contributed by atoms with Crippen molar-refractivity contribution < 1.29 is 0 Å². The Morgan fingerprint density at radius 1 is 1.19 bits per heavy atom. The first-order valence-electron chi connectivity index (χ1n) is 5.97. The molecule has 2 heteroatoms. The summed E-state index contributed by atoms with van der Waals surface area (Å²) >= 11 is 3.55. The average molecular weight is 282 g/mol. The maximum absolute atomic E-state index is 3.79. The van der Waals surface area contributed by atoms with Gasteiger partial charge in [0.25, 0.3) is 0 Å². The molecule has 1 aromatic carbocycles. The van der Waals surface area contributed by atoms with Gasteiger partial charge in [-0.25, -0.2) is 0 Å². The van der Waals surface area contributed by atoms with Crippen LogP contribution in [0, 0.1) is 0 Å². The Labute approximate surface area is 107 Å². The summed E-state index contributed by atoms with van der Waals surface area (Å²) < 4.78 is 1.16. The molecule has 1 unspecified atom stereocenters. The first-order valence-corrected chi connectivity index (χ1v) is 6.76. The van der Waals surface area contributed by atoms with Gasteiger partial charge in [0.05, 0.1) is 0 Å². The highest BCUT2D eigenvalue weighted by atomic mass is 79.9. The van der Waals surface area contributed by atoms with Crippen LogP contribution in [0.3, 0.4) is 0 Å². The second-order valence-corrected chi connectivity index (χ2v) is 6.62. The quantitative estimate of drug-likeness (QED) is 0.813. The first-order chi connectivity index (χ1) is 7.41. The molecule has 1 aliphatic rings. The van der Waals surface area contributed by atoms with Crippen LogP contribution in [0.2, 0.25) is 0 Å². The molecule has 0 amide bonds. The number of halogens is 1. The van der Waals surface area contributed by atoms with E-state index in [9.17, 15) is 0 Å². The van der Waals surface area contributed by atoms with Gasteiger partial charge in [0, 0.05) is 15.6 Å². The summed E-state index contributed by atoms with van der Waals surface area (Å²) in [5.74, 6) is 0. The van der Waals surface area contributed by atoms with Crippen LogP contribution in [0.5, 0.6) is 0 Å². The van der Waals surface area contributed by atoms with Gasteiger partial charge in [0.1, 0.15) is 0 Å². The molecule has 0 aliphatic carbocycles. The van der Waals surface area contributed by atoms with Gasteiger partial charge < -0.3 is 5.32 Å². The zero-order valence-corrected chi connectivity index (χ0v) is 11.9. The molecule has 0 aromatic heterocycles. The summed E-state index contributed by atoms with van der Waals surface area (Å²) in [4.78, 5) is 0. The van der Waals surface area contributed by atoms with E-state index in [1.54, 1.807) is 0 Å². The summed E-state index contributed by atoms with van der Waals surface area (Å²) in [6.07, 6.45) is 3.77. The molecule has 1 N–H and O–H groups in total. The van der Waals surface area contributed by atoms with E-state index in [0.29, 0.717) is 0 Å². The zero-order chi connectivity index (χ0) is 11.8. The van der Waals surface area contributed by atoms with Crippen molar-refractivity contribution in [3.63, 3.8) is 0 Å². The fraction of sp³-hybridized carbons (Fsp3) is 0.571. The van der Waals surface area contributed by atoms with E-state index in [1.165, 1.54) is 24.8 Å². The minimum Gasteiger partial charge on any atom is -0.303 e. The Balaban J connectivity index is 2.31. The summed E-state index contributed by atoms with van der Waals surface area (Å²) in [6, 6.07) is 8.66. The lowest BCUT2D eigenvalue weighted by Crippen LogP contribution is -2.54. The lowest BCUT2D eigenvalue weighted by Gasteiger charge is -2.45. The predicted octanol–water partition coefficient (Wildman–Crippen LogP) is 4.22. The Morgan fingerprint density at radius 3 is 2.56 bits per heavy atom. The molecular formula is C14H20BrN. The van der Waals surface area contributed by atoms with E-state index in [1.807, 2.05) is 0 Å². The van der Waals surface area contributed by atoms with Crippen LogP contribution in [0.4, 0.5) is 0 Å². The largest absolute Gasteiger partial charge is 0.303 e. The summed E-state index contributed by atoms with van der Waals surface area (Å²) in [5.41, 5.74) is 1.75. The van der Waals surface area contributed by atoms with E-state index >= 15 is 0 Å². The summed E-state index contributed by atoms with van der Waals surface area (Å²) in [7, 11) is 0. The lowest BCUT2D eigenvalue weighted by atomic mass is 9.78. The highest BCUT2D eigenvalue weighted by Crippen LogP contribution is 2.36. The summed E-state index contributed by atoms with van der Waals surface area (Å²) in [6.45, 7) is 6.90. The van der Waals surface area contributed by atoms with E-state index in [2.05, 4.69) is 66.3 Å². The third-order valence-electron chi connectivity index (χ3n) is 3.55. The van der Waals surface area contributed by atoms with Crippen LogP contribution >= 0.6 is 15.9 Å². The van der Waals surface area contributed by atoms with Gasteiger partial charge in [-0.05, 0) is 57.7 Å². The Hall–Kier alpha value is -0.340. The standard InChI is InChI=1S/C14H20BrN/c1-13(2)8-5-9-14(3,16-13)11-6-4-7-12(15)10-11/h4,6-7,10,16H,5,8-9H2,1-3H3. The number of benzene rings is 1. The maximum atomic E-state index is 3.79. The van der Waals surface area contributed by atoms with Crippen molar-refractivity contribution in [3.05, 3.63) is 34.3 Å². The fourth-order valence-electron chi connectivity index (χ4n) is 2.80. The molecule has 1 atom stereocenters. The van der Waals surface area contributed by atoms with Crippen molar-refractivity contribution in [3.8, 4) is 0 Å². The third-order valence-corrected chi connectivity index (χ3v) is 4.05. The minimum absolute atomic E-state index is 0.117. The fourth-order valence-corrected chi connectivity index (χ4v) is 3.20. The Kier molecular flexibility index (Phi) is 3.15. The molecule has 1 nitrogen and oxygen atoms in total. The number of hydrogen-bond acceptors (Lipinski definition) is 1. The van der Waals surface area contributed by atoms with E-state index in [-0.39, 0.29) is 11.1 Å². The van der Waals surface area contributed by atoms with Crippen LogP contribution in [0.25, 0.3) is 0 Å². The van der Waals surface area contributed by atoms with Crippen LogP contribution in [-0.4, -0.2) is 5.54 Å². The molecule has 0 radical (unpaired) electrons. The molecule has 1 heterocycles. The van der Waals surface area contributed by atoms with E-state index in [4.69, 9.17) is 0 Å². The zero-order valence-electron chi connectivity index (χ0n) is 10.3. The van der Waals surface area contributed by atoms with Crippen LogP contribution in [0.1, 0.15) is 45.6 Å². The number of nitrogens with one attached hydrogen (secondary N) is 1. The molecule has 0 saturated carbocycles. The van der Waals surface area contributed by atoms with Crippen molar-refractivity contribution in [2.75, 3.05) is 0 Å². The Morgan fingerprint density at radius 2 is 1.94 bits per heavy atom. The van der Waals surface area contributed by atoms with Crippen LogP contribution < -0.4 is 5.32 Å². The first kappa shape index (κ1) is 12.1. The second kappa shape index (κ2) is 4.15. The lowest BCUT2D eigenvalue weighted by molar-refractivity contribution is 0.168. The maximum Gasteiger partial charge on any atom is 0.0410 e. The molecule has 0 bridgehead atoms. The predicted molar refractivity (Wildman–Crippen MR) is 72.6 cm³/mol. The van der Waals surface area contributed by atoms with Crippen molar-refractivity contribution in [1.29, 1.82) is 0 Å². The van der Waals surface area contributed by atoms with Crippen LogP contribution in [0.15, 0.2) is 28.7 Å². The van der Waals surface area contributed by atoms with E-state index in [0.717, 1.165) is 4.47 Å². The molecular weight excluding hydrogens is 262 g/mol. The molecule has 88 valence electrons. The topological polar surface area (TPSA) is 12.0 Å². The minimum atomic E-state index is 0.117. The molecule has 1 aromatic rings. The molecule has 1 saturated heterocycles. The number of piperidine rings is 1. The molecule has 0 spiro atoms.